The second-order valence-corrected chi connectivity index (χ2v) is 4.81. The maximum Gasteiger partial charge on any atom is 0.221 e. The molecule has 0 N–H and O–H groups in total. The average Bonchev–Trinajstić information content (AvgIpc) is 2.49. The molecule has 3 rings (SSSR count). The van der Waals surface area contributed by atoms with Gasteiger partial charge in [0.15, 0.2) is 11.9 Å². The molecule has 0 spiro atoms. The van der Waals surface area contributed by atoms with E-state index in [2.05, 4.69) is 30.9 Å². The van der Waals surface area contributed by atoms with Gasteiger partial charge in [-0.3, -0.25) is 9.78 Å². The number of benzene rings is 1. The number of rotatable bonds is 3. The Balaban J connectivity index is 1.94. The Morgan fingerprint density at radius 2 is 1.95 bits per heavy atom. The molecule has 0 aliphatic carbocycles. The number of fused-ring (bicyclic) bond motifs is 1. The van der Waals surface area contributed by atoms with Crippen molar-refractivity contribution >= 4 is 33.4 Å². The molecular weight excluding hydrogens is 322 g/mol. The molecule has 0 fully saturated rings. The Hall–Kier alpha value is -2.34. The van der Waals surface area contributed by atoms with E-state index in [0.29, 0.717) is 28.4 Å². The van der Waals surface area contributed by atoms with Gasteiger partial charge in [0, 0.05) is 28.5 Å². The average molecular weight is 330 g/mol. The second-order valence-electron chi connectivity index (χ2n) is 3.95. The summed E-state index contributed by atoms with van der Waals surface area (Å²) >= 11 is 3.29. The number of hydrogen-bond donors (Lipinski definition) is 0. The van der Waals surface area contributed by atoms with Crippen molar-refractivity contribution in [2.45, 2.75) is 0 Å². The van der Waals surface area contributed by atoms with Gasteiger partial charge in [-0.15, -0.1) is 0 Å². The normalized spacial score (nSPS) is 10.4. The summed E-state index contributed by atoms with van der Waals surface area (Å²) in [7, 11) is 0. The molecular formula is C14H8BrN3O2. The van der Waals surface area contributed by atoms with Crippen molar-refractivity contribution in [3.05, 3.63) is 52.8 Å². The van der Waals surface area contributed by atoms with Crippen molar-refractivity contribution in [3.63, 3.8) is 0 Å². The predicted octanol–water partition coefficient (Wildman–Crippen LogP) is 3.39. The van der Waals surface area contributed by atoms with Crippen LogP contribution in [0.5, 0.6) is 11.6 Å². The fourth-order valence-corrected chi connectivity index (χ4v) is 2.03. The maximum atomic E-state index is 10.9. The van der Waals surface area contributed by atoms with Gasteiger partial charge < -0.3 is 4.74 Å². The molecule has 3 aromatic rings. The van der Waals surface area contributed by atoms with Crippen LogP contribution in [-0.4, -0.2) is 21.2 Å². The first-order valence-electron chi connectivity index (χ1n) is 5.76. The minimum atomic E-state index is 0.400. The SMILES string of the molecule is O=Cc1cc(Oc2ccc3nccnc3n2)ccc1Br. The number of pyridine rings is 1. The molecule has 0 saturated heterocycles. The Bertz CT molecular complexity index is 792. The van der Waals surface area contributed by atoms with Crippen molar-refractivity contribution in [1.29, 1.82) is 0 Å². The molecule has 0 unspecified atom stereocenters. The standard InChI is InChI=1S/C14H8BrN3O2/c15-11-2-1-10(7-9(11)8-19)20-13-4-3-12-14(18-13)17-6-5-16-12/h1-8H. The minimum Gasteiger partial charge on any atom is -0.439 e. The van der Waals surface area contributed by atoms with Gasteiger partial charge in [0.1, 0.15) is 11.3 Å². The molecule has 2 heterocycles. The van der Waals surface area contributed by atoms with Gasteiger partial charge in [-0.25, -0.2) is 4.98 Å². The van der Waals surface area contributed by atoms with Crippen molar-refractivity contribution in [3.8, 4) is 11.6 Å². The van der Waals surface area contributed by atoms with E-state index in [1.807, 2.05) is 0 Å². The van der Waals surface area contributed by atoms with Crippen LogP contribution >= 0.6 is 15.9 Å². The molecule has 0 amide bonds. The highest BCUT2D eigenvalue weighted by atomic mass is 79.9. The smallest absolute Gasteiger partial charge is 0.221 e. The molecule has 0 saturated carbocycles. The van der Waals surface area contributed by atoms with Crippen molar-refractivity contribution in [1.82, 2.24) is 15.0 Å². The number of halogens is 1. The highest BCUT2D eigenvalue weighted by Crippen LogP contribution is 2.25. The van der Waals surface area contributed by atoms with Crippen LogP contribution in [-0.2, 0) is 0 Å². The van der Waals surface area contributed by atoms with Crippen molar-refractivity contribution in [2.24, 2.45) is 0 Å². The summed E-state index contributed by atoms with van der Waals surface area (Å²) in [6.45, 7) is 0. The van der Waals surface area contributed by atoms with Crippen molar-refractivity contribution < 1.29 is 9.53 Å². The second kappa shape index (κ2) is 5.34. The monoisotopic (exact) mass is 329 g/mol. The highest BCUT2D eigenvalue weighted by Gasteiger charge is 2.05. The predicted molar refractivity (Wildman–Crippen MR) is 76.9 cm³/mol. The van der Waals surface area contributed by atoms with E-state index in [1.54, 1.807) is 42.7 Å². The fraction of sp³-hybridized carbons (Fsp3) is 0. The lowest BCUT2D eigenvalue weighted by Crippen LogP contribution is -1.92. The van der Waals surface area contributed by atoms with Crippen LogP contribution < -0.4 is 4.74 Å². The third-order valence-electron chi connectivity index (χ3n) is 2.62. The first-order valence-corrected chi connectivity index (χ1v) is 6.56. The van der Waals surface area contributed by atoms with Crippen LogP contribution in [0.15, 0.2) is 47.2 Å². The van der Waals surface area contributed by atoms with E-state index >= 15 is 0 Å². The van der Waals surface area contributed by atoms with Crippen LogP contribution in [0.4, 0.5) is 0 Å². The zero-order valence-corrected chi connectivity index (χ0v) is 11.7. The summed E-state index contributed by atoms with van der Waals surface area (Å²) in [5.41, 5.74) is 1.73. The molecule has 0 aliphatic heterocycles. The summed E-state index contributed by atoms with van der Waals surface area (Å²) in [4.78, 5) is 23.4. The lowest BCUT2D eigenvalue weighted by Gasteiger charge is -2.06. The summed E-state index contributed by atoms with van der Waals surface area (Å²) < 4.78 is 6.34. The molecule has 6 heteroatoms. The molecule has 1 aromatic carbocycles. The maximum absolute atomic E-state index is 10.9. The lowest BCUT2D eigenvalue weighted by molar-refractivity contribution is 0.112. The van der Waals surface area contributed by atoms with Crippen molar-refractivity contribution in [2.75, 3.05) is 0 Å². The van der Waals surface area contributed by atoms with E-state index in [9.17, 15) is 4.79 Å². The van der Waals surface area contributed by atoms with E-state index < -0.39 is 0 Å². The largest absolute Gasteiger partial charge is 0.439 e. The quantitative estimate of drug-likeness (QED) is 0.689. The van der Waals surface area contributed by atoms with Gasteiger partial charge >= 0.3 is 0 Å². The zero-order valence-electron chi connectivity index (χ0n) is 10.2. The van der Waals surface area contributed by atoms with Gasteiger partial charge in [-0.1, -0.05) is 15.9 Å². The molecule has 0 atom stereocenters. The van der Waals surface area contributed by atoms with Crippen LogP contribution in [0.2, 0.25) is 0 Å². The number of nitrogens with zero attached hydrogens (tertiary/aromatic N) is 3. The Labute approximate surface area is 122 Å². The molecule has 0 radical (unpaired) electrons. The third kappa shape index (κ3) is 2.50. The Kier molecular flexibility index (Phi) is 3.39. The first kappa shape index (κ1) is 12.7. The number of carbonyl (C=O) groups is 1. The topological polar surface area (TPSA) is 65.0 Å². The van der Waals surface area contributed by atoms with E-state index in [-0.39, 0.29) is 0 Å². The molecule has 2 aromatic heterocycles. The molecule has 98 valence electrons. The van der Waals surface area contributed by atoms with Crippen LogP contribution in [0.1, 0.15) is 10.4 Å². The van der Waals surface area contributed by atoms with Crippen LogP contribution in [0.25, 0.3) is 11.2 Å². The van der Waals surface area contributed by atoms with Crippen LogP contribution in [0, 0.1) is 0 Å². The highest BCUT2D eigenvalue weighted by molar-refractivity contribution is 9.10. The number of aldehydes is 1. The fourth-order valence-electron chi connectivity index (χ4n) is 1.69. The minimum absolute atomic E-state index is 0.400. The third-order valence-corrected chi connectivity index (χ3v) is 3.35. The van der Waals surface area contributed by atoms with Gasteiger partial charge in [-0.2, -0.15) is 4.98 Å². The molecule has 5 nitrogen and oxygen atoms in total. The number of aromatic nitrogens is 3. The first-order chi connectivity index (χ1) is 9.76. The van der Waals surface area contributed by atoms with Gasteiger partial charge in [0.2, 0.25) is 5.88 Å². The van der Waals surface area contributed by atoms with Gasteiger partial charge in [0.05, 0.1) is 0 Å². The van der Waals surface area contributed by atoms with E-state index in [4.69, 9.17) is 4.74 Å². The van der Waals surface area contributed by atoms with Crippen LogP contribution in [0.3, 0.4) is 0 Å². The lowest BCUT2D eigenvalue weighted by atomic mass is 10.2. The Morgan fingerprint density at radius 1 is 1.10 bits per heavy atom. The van der Waals surface area contributed by atoms with Gasteiger partial charge in [0.25, 0.3) is 0 Å². The summed E-state index contributed by atoms with van der Waals surface area (Å²) in [5, 5.41) is 0. The summed E-state index contributed by atoms with van der Waals surface area (Å²) in [6, 6.07) is 8.63. The van der Waals surface area contributed by atoms with E-state index in [0.717, 1.165) is 10.8 Å². The Morgan fingerprint density at radius 3 is 2.80 bits per heavy atom. The molecule has 0 bridgehead atoms. The zero-order chi connectivity index (χ0) is 13.9. The van der Waals surface area contributed by atoms with E-state index in [1.165, 1.54) is 0 Å². The number of ether oxygens (including phenoxy) is 1. The van der Waals surface area contributed by atoms with Gasteiger partial charge in [-0.05, 0) is 24.3 Å². The number of carbonyl (C=O) groups excluding carboxylic acids is 1. The molecule has 20 heavy (non-hydrogen) atoms. The summed E-state index contributed by atoms with van der Waals surface area (Å²) in [5.74, 6) is 0.934. The summed E-state index contributed by atoms with van der Waals surface area (Å²) in [6.07, 6.45) is 3.94. The molecule has 0 aliphatic rings. The number of hydrogen-bond acceptors (Lipinski definition) is 5.